The normalized spacial score (nSPS) is 18.0. The van der Waals surface area contributed by atoms with E-state index in [0.29, 0.717) is 12.0 Å². The number of anilines is 2. The standard InChI is InChI=1S/C17H19N7/c1-22(13-6-8-18-9-7-13)14-10-23(11-14)16-5-4-15-19-20-17(12-2-3-12)24(15)21-16/h4-9,12,14H,2-3,10-11H2,1H3. The highest BCUT2D eigenvalue weighted by Gasteiger charge is 2.33. The van der Waals surface area contributed by atoms with Gasteiger partial charge < -0.3 is 9.80 Å². The van der Waals surface area contributed by atoms with Crippen molar-refractivity contribution < 1.29 is 0 Å². The van der Waals surface area contributed by atoms with E-state index in [4.69, 9.17) is 5.10 Å². The molecule has 0 amide bonds. The van der Waals surface area contributed by atoms with Crippen LogP contribution in [0.4, 0.5) is 11.5 Å². The number of aromatic nitrogens is 5. The first-order valence-electron chi connectivity index (χ1n) is 8.40. The van der Waals surface area contributed by atoms with Gasteiger partial charge in [0.25, 0.3) is 0 Å². The smallest absolute Gasteiger partial charge is 0.178 e. The Balaban J connectivity index is 1.34. The van der Waals surface area contributed by atoms with Crippen molar-refractivity contribution in [1.29, 1.82) is 0 Å². The number of rotatable bonds is 4. The molecule has 1 saturated heterocycles. The van der Waals surface area contributed by atoms with Gasteiger partial charge in [-0.2, -0.15) is 4.52 Å². The Morgan fingerprint density at radius 3 is 2.58 bits per heavy atom. The minimum Gasteiger partial charge on any atom is -0.368 e. The van der Waals surface area contributed by atoms with Gasteiger partial charge in [-0.15, -0.1) is 15.3 Å². The summed E-state index contributed by atoms with van der Waals surface area (Å²) in [6.07, 6.45) is 6.08. The Labute approximate surface area is 139 Å². The SMILES string of the molecule is CN(c1ccncc1)C1CN(c2ccc3nnc(C4CC4)n3n2)C1. The van der Waals surface area contributed by atoms with Crippen molar-refractivity contribution >= 4 is 17.2 Å². The molecule has 0 aromatic carbocycles. The molecule has 3 aromatic heterocycles. The van der Waals surface area contributed by atoms with Crippen LogP contribution in [0, 0.1) is 0 Å². The zero-order valence-corrected chi connectivity index (χ0v) is 13.6. The molecule has 5 rings (SSSR count). The van der Waals surface area contributed by atoms with Crippen molar-refractivity contribution in [2.45, 2.75) is 24.8 Å². The van der Waals surface area contributed by atoms with E-state index in [-0.39, 0.29) is 0 Å². The van der Waals surface area contributed by atoms with Crippen LogP contribution in [0.25, 0.3) is 5.65 Å². The fourth-order valence-corrected chi connectivity index (χ4v) is 3.24. The lowest BCUT2D eigenvalue weighted by Gasteiger charge is -2.45. The molecule has 3 aromatic rings. The lowest BCUT2D eigenvalue weighted by molar-refractivity contribution is 0.489. The lowest BCUT2D eigenvalue weighted by Crippen LogP contribution is -2.59. The summed E-state index contributed by atoms with van der Waals surface area (Å²) < 4.78 is 1.92. The van der Waals surface area contributed by atoms with Gasteiger partial charge in [0.1, 0.15) is 5.82 Å². The lowest BCUT2D eigenvalue weighted by atomic mass is 10.1. The molecule has 0 unspecified atom stereocenters. The summed E-state index contributed by atoms with van der Waals surface area (Å²) in [5.41, 5.74) is 2.04. The van der Waals surface area contributed by atoms with E-state index < -0.39 is 0 Å². The summed E-state index contributed by atoms with van der Waals surface area (Å²) in [6.45, 7) is 1.94. The van der Waals surface area contributed by atoms with Crippen LogP contribution in [-0.2, 0) is 0 Å². The molecule has 2 fully saturated rings. The highest BCUT2D eigenvalue weighted by atomic mass is 15.4. The predicted molar refractivity (Wildman–Crippen MR) is 91.4 cm³/mol. The van der Waals surface area contributed by atoms with E-state index >= 15 is 0 Å². The first kappa shape index (κ1) is 13.7. The zero-order chi connectivity index (χ0) is 16.1. The summed E-state index contributed by atoms with van der Waals surface area (Å²) in [4.78, 5) is 8.70. The van der Waals surface area contributed by atoms with Gasteiger partial charge in [-0.3, -0.25) is 4.98 Å². The van der Waals surface area contributed by atoms with Crippen molar-refractivity contribution in [2.75, 3.05) is 29.9 Å². The number of likely N-dealkylation sites (N-methyl/N-ethyl adjacent to an activating group) is 1. The monoisotopic (exact) mass is 321 g/mol. The quantitative estimate of drug-likeness (QED) is 0.729. The van der Waals surface area contributed by atoms with Crippen LogP contribution in [0.1, 0.15) is 24.6 Å². The average Bonchev–Trinajstić information content (AvgIpc) is 3.34. The minimum atomic E-state index is 0.494. The third-order valence-corrected chi connectivity index (χ3v) is 5.02. The molecule has 7 nitrogen and oxygen atoms in total. The average molecular weight is 321 g/mol. The van der Waals surface area contributed by atoms with Gasteiger partial charge >= 0.3 is 0 Å². The Kier molecular flexibility index (Phi) is 2.95. The van der Waals surface area contributed by atoms with Crippen LogP contribution < -0.4 is 9.80 Å². The van der Waals surface area contributed by atoms with Gasteiger partial charge in [0.05, 0.1) is 6.04 Å². The molecule has 4 heterocycles. The Bertz CT molecular complexity index is 865. The maximum Gasteiger partial charge on any atom is 0.178 e. The van der Waals surface area contributed by atoms with Gasteiger partial charge in [0.15, 0.2) is 11.5 Å². The zero-order valence-electron chi connectivity index (χ0n) is 13.6. The van der Waals surface area contributed by atoms with Crippen molar-refractivity contribution in [2.24, 2.45) is 0 Å². The number of hydrogen-bond acceptors (Lipinski definition) is 6. The first-order valence-corrected chi connectivity index (χ1v) is 8.40. The van der Waals surface area contributed by atoms with Crippen LogP contribution in [0.15, 0.2) is 36.7 Å². The molecular formula is C17H19N7. The summed E-state index contributed by atoms with van der Waals surface area (Å²) >= 11 is 0. The number of hydrogen-bond donors (Lipinski definition) is 0. The fourth-order valence-electron chi connectivity index (χ4n) is 3.24. The molecule has 0 bridgehead atoms. The first-order chi connectivity index (χ1) is 11.8. The Hall–Kier alpha value is -2.70. The topological polar surface area (TPSA) is 62.5 Å². The number of pyridine rings is 1. The molecule has 1 aliphatic heterocycles. The van der Waals surface area contributed by atoms with Crippen LogP contribution in [-0.4, -0.2) is 51.0 Å². The van der Waals surface area contributed by atoms with Crippen LogP contribution >= 0.6 is 0 Å². The highest BCUT2D eigenvalue weighted by Crippen LogP contribution is 2.38. The molecule has 0 spiro atoms. The molecule has 2 aliphatic rings. The van der Waals surface area contributed by atoms with Crippen molar-refractivity contribution in [3.8, 4) is 0 Å². The summed E-state index contributed by atoms with van der Waals surface area (Å²) in [6, 6.07) is 8.65. The van der Waals surface area contributed by atoms with Crippen LogP contribution in [0.2, 0.25) is 0 Å². The second kappa shape index (κ2) is 5.15. The van der Waals surface area contributed by atoms with E-state index in [1.165, 1.54) is 18.5 Å². The number of fused-ring (bicyclic) bond motifs is 1. The Morgan fingerprint density at radius 1 is 1.04 bits per heavy atom. The summed E-state index contributed by atoms with van der Waals surface area (Å²) in [5, 5.41) is 13.3. The second-order valence-electron chi connectivity index (χ2n) is 6.67. The fraction of sp³-hybridized carbons (Fsp3) is 0.412. The molecule has 7 heteroatoms. The van der Waals surface area contributed by atoms with Gasteiger partial charge in [0.2, 0.25) is 0 Å². The van der Waals surface area contributed by atoms with E-state index in [1.807, 2.05) is 41.2 Å². The summed E-state index contributed by atoms with van der Waals surface area (Å²) in [7, 11) is 2.14. The largest absolute Gasteiger partial charge is 0.368 e. The molecule has 24 heavy (non-hydrogen) atoms. The minimum absolute atomic E-state index is 0.494. The predicted octanol–water partition coefficient (Wildman–Crippen LogP) is 1.72. The Morgan fingerprint density at radius 2 is 1.83 bits per heavy atom. The molecule has 1 saturated carbocycles. The molecular weight excluding hydrogens is 302 g/mol. The maximum absolute atomic E-state index is 4.77. The van der Waals surface area contributed by atoms with E-state index in [1.54, 1.807) is 0 Å². The van der Waals surface area contributed by atoms with E-state index in [0.717, 1.165) is 30.4 Å². The molecule has 1 aliphatic carbocycles. The van der Waals surface area contributed by atoms with Gasteiger partial charge in [0, 0.05) is 44.1 Å². The molecule has 122 valence electrons. The molecule has 0 atom stereocenters. The van der Waals surface area contributed by atoms with Gasteiger partial charge in [-0.25, -0.2) is 0 Å². The third kappa shape index (κ3) is 2.19. The third-order valence-electron chi connectivity index (χ3n) is 5.02. The molecule has 0 N–H and O–H groups in total. The maximum atomic E-state index is 4.77. The van der Waals surface area contributed by atoms with Gasteiger partial charge in [-0.1, -0.05) is 0 Å². The van der Waals surface area contributed by atoms with E-state index in [9.17, 15) is 0 Å². The van der Waals surface area contributed by atoms with E-state index in [2.05, 4.69) is 32.0 Å². The van der Waals surface area contributed by atoms with Crippen molar-refractivity contribution in [3.05, 3.63) is 42.5 Å². The van der Waals surface area contributed by atoms with Crippen molar-refractivity contribution in [3.63, 3.8) is 0 Å². The van der Waals surface area contributed by atoms with Crippen LogP contribution in [0.3, 0.4) is 0 Å². The second-order valence-corrected chi connectivity index (χ2v) is 6.67. The van der Waals surface area contributed by atoms with Crippen LogP contribution in [0.5, 0.6) is 0 Å². The van der Waals surface area contributed by atoms with Gasteiger partial charge in [-0.05, 0) is 37.1 Å². The highest BCUT2D eigenvalue weighted by molar-refractivity contribution is 5.52. The summed E-state index contributed by atoms with van der Waals surface area (Å²) in [5.74, 6) is 2.56. The van der Waals surface area contributed by atoms with Crippen molar-refractivity contribution in [1.82, 2.24) is 24.8 Å². The molecule has 0 radical (unpaired) electrons. The number of nitrogens with zero attached hydrogens (tertiary/aromatic N) is 7.